The van der Waals surface area contributed by atoms with Crippen LogP contribution in [0.1, 0.15) is 62.0 Å². The van der Waals surface area contributed by atoms with Gasteiger partial charge in [-0.2, -0.15) is 0 Å². The van der Waals surface area contributed by atoms with Crippen LogP contribution in [0.3, 0.4) is 0 Å². The van der Waals surface area contributed by atoms with Gasteiger partial charge in [0.1, 0.15) is 23.5 Å². The van der Waals surface area contributed by atoms with E-state index in [1.54, 1.807) is 5.94 Å². The summed E-state index contributed by atoms with van der Waals surface area (Å²) in [6.45, 7) is 0.654. The van der Waals surface area contributed by atoms with Crippen molar-refractivity contribution < 1.29 is 19.2 Å². The Bertz CT molecular complexity index is 1190. The van der Waals surface area contributed by atoms with Gasteiger partial charge in [-0.1, -0.05) is 44.2 Å². The van der Waals surface area contributed by atoms with Gasteiger partial charge in [0.25, 0.3) is 5.91 Å². The number of carbonyl (C=O) groups excluding carboxylic acids is 4. The molecule has 4 rings (SSSR count). The van der Waals surface area contributed by atoms with E-state index in [4.69, 9.17) is 0 Å². The predicted octanol–water partition coefficient (Wildman–Crippen LogP) is 2.41. The van der Waals surface area contributed by atoms with E-state index in [1.165, 1.54) is 12.5 Å². The lowest BCUT2D eigenvalue weighted by atomic mass is 9.84. The second-order valence-corrected chi connectivity index (χ2v) is 9.58. The van der Waals surface area contributed by atoms with E-state index in [0.29, 0.717) is 36.5 Å². The van der Waals surface area contributed by atoms with Crippen LogP contribution in [0, 0.1) is 11.8 Å². The average Bonchev–Trinajstić information content (AvgIpc) is 3.54. The molecule has 3 atom stereocenters. The standard InChI is InChI=1S/C27H31N5O4/c33-13-11-20(15-19-10-12-28-24(19)16-34)29-25(17-35)23(14-18-6-2-1-3-7-18)32-27(36)26-30-21-8-4-5-9-22(21)31-26/h4-5,8-9,11,18-20,23,28-29H,1-3,6-7,10,12,14-15H2,(H,30,31)(H,32,36)/t19-,20+,23-/m0/s1. The van der Waals surface area contributed by atoms with Crippen molar-refractivity contribution in [1.29, 1.82) is 0 Å². The van der Waals surface area contributed by atoms with Gasteiger partial charge in [-0.25, -0.2) is 19.4 Å². The number of amides is 1. The number of carbonyl (C=O) groups is 1. The number of benzene rings is 1. The molecule has 1 saturated heterocycles. The number of aromatic nitrogens is 2. The molecule has 9 nitrogen and oxygen atoms in total. The van der Waals surface area contributed by atoms with Crippen molar-refractivity contribution in [2.75, 3.05) is 6.54 Å². The fraction of sp³-hybridized carbons (Fsp3) is 0.481. The minimum absolute atomic E-state index is 0.112. The largest absolute Gasteiger partial charge is 0.379 e. The fourth-order valence-electron chi connectivity index (χ4n) is 5.28. The maximum atomic E-state index is 13.2. The first-order valence-electron chi connectivity index (χ1n) is 12.6. The summed E-state index contributed by atoms with van der Waals surface area (Å²) in [6, 6.07) is 6.18. The van der Waals surface area contributed by atoms with Gasteiger partial charge in [-0.15, -0.1) is 0 Å². The van der Waals surface area contributed by atoms with E-state index in [-0.39, 0.29) is 17.4 Å². The highest BCUT2D eigenvalue weighted by atomic mass is 16.2. The summed E-state index contributed by atoms with van der Waals surface area (Å²) in [6.07, 6.45) is 8.50. The SMILES string of the molecule is O=C=C[C@H](C[C@@H]1CCNC1=C=O)NC(=C=O)[C@H](CC1CCCCC1)NC(=O)c1nc2ccccc2[nH]1. The molecule has 2 fully saturated rings. The van der Waals surface area contributed by atoms with Crippen LogP contribution in [-0.4, -0.2) is 52.3 Å². The molecule has 0 unspecified atom stereocenters. The van der Waals surface area contributed by atoms with Crippen molar-refractivity contribution in [3.63, 3.8) is 0 Å². The number of fused-ring (bicyclic) bond motifs is 1. The summed E-state index contributed by atoms with van der Waals surface area (Å²) in [4.78, 5) is 55.2. The number of allylic oxidation sites excluding steroid dienone is 1. The average molecular weight is 490 g/mol. The van der Waals surface area contributed by atoms with Gasteiger partial charge < -0.3 is 20.9 Å². The third-order valence-corrected chi connectivity index (χ3v) is 7.14. The first kappa shape index (κ1) is 25.2. The van der Waals surface area contributed by atoms with Gasteiger partial charge in [0, 0.05) is 18.5 Å². The van der Waals surface area contributed by atoms with Crippen molar-refractivity contribution in [2.24, 2.45) is 11.8 Å². The Labute approximate surface area is 209 Å². The van der Waals surface area contributed by atoms with Crippen LogP contribution in [0.2, 0.25) is 0 Å². The number of nitrogens with one attached hydrogen (secondary N) is 4. The lowest BCUT2D eigenvalue weighted by Crippen LogP contribution is -2.45. The van der Waals surface area contributed by atoms with Gasteiger partial charge >= 0.3 is 0 Å². The van der Waals surface area contributed by atoms with Gasteiger partial charge in [-0.3, -0.25) is 4.79 Å². The van der Waals surface area contributed by atoms with Crippen LogP contribution in [0.4, 0.5) is 0 Å². The molecule has 188 valence electrons. The van der Waals surface area contributed by atoms with E-state index in [1.807, 2.05) is 36.1 Å². The minimum atomic E-state index is -0.628. The summed E-state index contributed by atoms with van der Waals surface area (Å²) in [7, 11) is 0. The number of imidazole rings is 1. The highest BCUT2D eigenvalue weighted by Crippen LogP contribution is 2.29. The molecule has 4 N–H and O–H groups in total. The monoisotopic (exact) mass is 489 g/mol. The van der Waals surface area contributed by atoms with Gasteiger partial charge in [0.2, 0.25) is 0 Å². The highest BCUT2D eigenvalue weighted by Gasteiger charge is 2.29. The van der Waals surface area contributed by atoms with E-state index in [9.17, 15) is 19.2 Å². The summed E-state index contributed by atoms with van der Waals surface area (Å²) in [5, 5.41) is 9.08. The summed E-state index contributed by atoms with van der Waals surface area (Å²) in [5.74, 6) is 5.68. The third-order valence-electron chi connectivity index (χ3n) is 7.14. The summed E-state index contributed by atoms with van der Waals surface area (Å²) in [5.41, 5.74) is 2.06. The first-order valence-corrected chi connectivity index (χ1v) is 12.6. The van der Waals surface area contributed by atoms with E-state index >= 15 is 0 Å². The Hall–Kier alpha value is -3.89. The van der Waals surface area contributed by atoms with E-state index in [2.05, 4.69) is 25.9 Å². The van der Waals surface area contributed by atoms with E-state index < -0.39 is 18.0 Å². The second kappa shape index (κ2) is 12.2. The zero-order chi connectivity index (χ0) is 25.3. The molecule has 1 saturated carbocycles. The zero-order valence-corrected chi connectivity index (χ0v) is 20.1. The second-order valence-electron chi connectivity index (χ2n) is 9.58. The predicted molar refractivity (Wildman–Crippen MR) is 135 cm³/mol. The van der Waals surface area contributed by atoms with Crippen LogP contribution < -0.4 is 16.0 Å². The Balaban J connectivity index is 1.53. The van der Waals surface area contributed by atoms with Crippen LogP contribution in [0.15, 0.2) is 41.7 Å². The number of hydrogen-bond donors (Lipinski definition) is 4. The maximum absolute atomic E-state index is 13.2. The molecule has 1 aromatic carbocycles. The third kappa shape index (κ3) is 6.21. The molecular formula is C27H31N5O4. The lowest BCUT2D eigenvalue weighted by molar-refractivity contribution is 0.0925. The van der Waals surface area contributed by atoms with Crippen molar-refractivity contribution >= 4 is 34.8 Å². The van der Waals surface area contributed by atoms with Crippen LogP contribution in [0.25, 0.3) is 11.0 Å². The Morgan fingerprint density at radius 2 is 1.89 bits per heavy atom. The molecule has 1 aliphatic carbocycles. The van der Waals surface area contributed by atoms with Crippen LogP contribution >= 0.6 is 0 Å². The van der Waals surface area contributed by atoms with Gasteiger partial charge in [0.15, 0.2) is 5.82 Å². The molecule has 1 aliphatic heterocycles. The van der Waals surface area contributed by atoms with Crippen molar-refractivity contribution in [2.45, 2.75) is 63.5 Å². The molecule has 2 heterocycles. The smallest absolute Gasteiger partial charge is 0.287 e. The van der Waals surface area contributed by atoms with Crippen molar-refractivity contribution in [3.05, 3.63) is 47.6 Å². The topological polar surface area (TPSA) is 133 Å². The molecule has 2 aromatic rings. The number of hydrogen-bond acceptors (Lipinski definition) is 7. The maximum Gasteiger partial charge on any atom is 0.287 e. The minimum Gasteiger partial charge on any atom is -0.379 e. The fourth-order valence-corrected chi connectivity index (χ4v) is 5.28. The molecular weight excluding hydrogens is 458 g/mol. The molecule has 9 heteroatoms. The Morgan fingerprint density at radius 3 is 2.61 bits per heavy atom. The number of nitrogens with zero attached hydrogens (tertiary/aromatic N) is 1. The van der Waals surface area contributed by atoms with Gasteiger partial charge in [-0.05, 0) is 37.3 Å². The highest BCUT2D eigenvalue weighted by molar-refractivity contribution is 5.94. The Kier molecular flexibility index (Phi) is 8.53. The van der Waals surface area contributed by atoms with Crippen LogP contribution in [-0.2, 0) is 14.4 Å². The first-order chi connectivity index (χ1) is 17.6. The number of rotatable bonds is 10. The quantitative estimate of drug-likeness (QED) is 0.377. The number of aromatic amines is 1. The normalized spacial score (nSPS) is 19.3. The number of para-hydroxylation sites is 2. The Morgan fingerprint density at radius 1 is 1.08 bits per heavy atom. The molecule has 0 bridgehead atoms. The zero-order valence-electron chi connectivity index (χ0n) is 20.1. The van der Waals surface area contributed by atoms with Gasteiger partial charge in [0.05, 0.1) is 28.8 Å². The molecule has 0 radical (unpaired) electrons. The molecule has 1 aromatic heterocycles. The summed E-state index contributed by atoms with van der Waals surface area (Å²) < 4.78 is 0. The lowest BCUT2D eigenvalue weighted by Gasteiger charge is -2.29. The van der Waals surface area contributed by atoms with E-state index in [0.717, 1.165) is 37.6 Å². The molecule has 0 spiro atoms. The van der Waals surface area contributed by atoms with Crippen molar-refractivity contribution in [3.8, 4) is 0 Å². The molecule has 1 amide bonds. The molecule has 2 aliphatic rings. The number of H-pyrrole nitrogens is 1. The molecule has 36 heavy (non-hydrogen) atoms. The van der Waals surface area contributed by atoms with Crippen LogP contribution in [0.5, 0.6) is 0 Å². The van der Waals surface area contributed by atoms with Crippen molar-refractivity contribution in [1.82, 2.24) is 25.9 Å². The summed E-state index contributed by atoms with van der Waals surface area (Å²) >= 11 is 0.